The highest BCUT2D eigenvalue weighted by atomic mass is 16.2. The zero-order valence-electron chi connectivity index (χ0n) is 14.0. The topological polar surface area (TPSA) is 45.6 Å². The summed E-state index contributed by atoms with van der Waals surface area (Å²) in [6.45, 7) is 1.22. The van der Waals surface area contributed by atoms with Gasteiger partial charge in [-0.05, 0) is 36.6 Å². The molecule has 2 aliphatic rings. The number of benzene rings is 1. The van der Waals surface area contributed by atoms with E-state index in [1.165, 1.54) is 0 Å². The Balaban J connectivity index is 1.59. The van der Waals surface area contributed by atoms with E-state index < -0.39 is 5.41 Å². The number of anilines is 1. The average Bonchev–Trinajstić information content (AvgIpc) is 3.12. The predicted molar refractivity (Wildman–Crippen MR) is 92.1 cm³/mol. The third-order valence-corrected chi connectivity index (χ3v) is 5.56. The molecule has 0 N–H and O–H groups in total. The number of rotatable bonds is 1. The SMILES string of the molecule is CN1C(=O)C2(CCN(C(=O)c3cccn3C)CC2)c2ccccc21. The van der Waals surface area contributed by atoms with Crippen LogP contribution in [0.15, 0.2) is 42.6 Å². The summed E-state index contributed by atoms with van der Waals surface area (Å²) >= 11 is 0. The lowest BCUT2D eigenvalue weighted by atomic mass is 9.73. The van der Waals surface area contributed by atoms with E-state index >= 15 is 0 Å². The smallest absolute Gasteiger partial charge is 0.270 e. The lowest BCUT2D eigenvalue weighted by molar-refractivity contribution is -0.124. The van der Waals surface area contributed by atoms with Gasteiger partial charge in [-0.1, -0.05) is 18.2 Å². The first-order valence-electron chi connectivity index (χ1n) is 8.33. The molecule has 2 aromatic rings. The van der Waals surface area contributed by atoms with Crippen LogP contribution in [0.2, 0.25) is 0 Å². The molecule has 0 atom stereocenters. The van der Waals surface area contributed by atoms with Gasteiger partial charge in [-0.15, -0.1) is 0 Å². The van der Waals surface area contributed by atoms with Crippen LogP contribution in [0.25, 0.3) is 0 Å². The van der Waals surface area contributed by atoms with Crippen molar-refractivity contribution < 1.29 is 9.59 Å². The van der Waals surface area contributed by atoms with Gasteiger partial charge in [0, 0.05) is 39.1 Å². The Labute approximate surface area is 141 Å². The molecule has 2 amide bonds. The molecule has 0 unspecified atom stereocenters. The second kappa shape index (κ2) is 5.23. The molecule has 4 rings (SSSR count). The van der Waals surface area contributed by atoms with Crippen molar-refractivity contribution in [2.45, 2.75) is 18.3 Å². The Morgan fingerprint density at radius 2 is 1.75 bits per heavy atom. The second-order valence-electron chi connectivity index (χ2n) is 6.76. The van der Waals surface area contributed by atoms with E-state index in [9.17, 15) is 9.59 Å². The van der Waals surface area contributed by atoms with Crippen LogP contribution in [-0.2, 0) is 17.3 Å². The first-order valence-corrected chi connectivity index (χ1v) is 8.33. The molecule has 1 saturated heterocycles. The Kier molecular flexibility index (Phi) is 3.27. The van der Waals surface area contributed by atoms with Crippen molar-refractivity contribution in [1.29, 1.82) is 0 Å². The Hall–Kier alpha value is -2.56. The van der Waals surface area contributed by atoms with E-state index in [4.69, 9.17) is 0 Å². The molecule has 5 heteroatoms. The minimum absolute atomic E-state index is 0.0458. The molecule has 0 bridgehead atoms. The number of carbonyl (C=O) groups excluding carboxylic acids is 2. The van der Waals surface area contributed by atoms with Crippen LogP contribution in [0.3, 0.4) is 0 Å². The maximum absolute atomic E-state index is 12.9. The van der Waals surface area contributed by atoms with Crippen molar-refractivity contribution in [3.05, 3.63) is 53.9 Å². The predicted octanol–water partition coefficient (Wildman–Crippen LogP) is 2.18. The summed E-state index contributed by atoms with van der Waals surface area (Å²) in [4.78, 5) is 29.2. The number of fused-ring (bicyclic) bond motifs is 2. The summed E-state index contributed by atoms with van der Waals surface area (Å²) in [6.07, 6.45) is 3.25. The molecule has 124 valence electrons. The van der Waals surface area contributed by atoms with Crippen LogP contribution in [0.1, 0.15) is 28.9 Å². The lowest BCUT2D eigenvalue weighted by Crippen LogP contribution is -2.49. The van der Waals surface area contributed by atoms with Gasteiger partial charge in [-0.25, -0.2) is 0 Å². The summed E-state index contributed by atoms with van der Waals surface area (Å²) < 4.78 is 1.84. The Morgan fingerprint density at radius 1 is 1.04 bits per heavy atom. The third kappa shape index (κ3) is 1.94. The molecule has 5 nitrogen and oxygen atoms in total. The first-order chi connectivity index (χ1) is 11.5. The van der Waals surface area contributed by atoms with E-state index in [2.05, 4.69) is 6.07 Å². The molecule has 3 heterocycles. The van der Waals surface area contributed by atoms with E-state index in [1.54, 1.807) is 4.90 Å². The van der Waals surface area contributed by atoms with Crippen molar-refractivity contribution in [1.82, 2.24) is 9.47 Å². The van der Waals surface area contributed by atoms with Gasteiger partial charge in [0.15, 0.2) is 0 Å². The number of aryl methyl sites for hydroxylation is 1. The van der Waals surface area contributed by atoms with E-state index in [-0.39, 0.29) is 11.8 Å². The van der Waals surface area contributed by atoms with Crippen molar-refractivity contribution in [3.8, 4) is 0 Å². The van der Waals surface area contributed by atoms with E-state index in [1.807, 2.05) is 60.1 Å². The number of hydrogen-bond donors (Lipinski definition) is 0. The summed E-state index contributed by atoms with van der Waals surface area (Å²) in [6, 6.07) is 11.7. The van der Waals surface area contributed by atoms with Gasteiger partial charge >= 0.3 is 0 Å². The van der Waals surface area contributed by atoms with E-state index in [0.29, 0.717) is 31.6 Å². The molecule has 0 saturated carbocycles. The number of piperidine rings is 1. The highest BCUT2D eigenvalue weighted by Gasteiger charge is 2.51. The zero-order chi connectivity index (χ0) is 16.9. The third-order valence-electron chi connectivity index (χ3n) is 5.56. The average molecular weight is 323 g/mol. The summed E-state index contributed by atoms with van der Waals surface area (Å²) in [7, 11) is 3.72. The van der Waals surface area contributed by atoms with Crippen molar-refractivity contribution in [3.63, 3.8) is 0 Å². The minimum Gasteiger partial charge on any atom is -0.347 e. The van der Waals surface area contributed by atoms with Crippen LogP contribution in [0.5, 0.6) is 0 Å². The van der Waals surface area contributed by atoms with Crippen LogP contribution in [0.4, 0.5) is 5.69 Å². The van der Waals surface area contributed by atoms with Crippen molar-refractivity contribution >= 4 is 17.5 Å². The molecule has 0 aliphatic carbocycles. The molecule has 1 aromatic heterocycles. The van der Waals surface area contributed by atoms with Crippen LogP contribution >= 0.6 is 0 Å². The maximum atomic E-state index is 12.9. The van der Waals surface area contributed by atoms with Crippen molar-refractivity contribution in [2.24, 2.45) is 7.05 Å². The minimum atomic E-state index is -0.462. The van der Waals surface area contributed by atoms with E-state index in [0.717, 1.165) is 11.3 Å². The van der Waals surface area contributed by atoms with Crippen LogP contribution < -0.4 is 4.90 Å². The van der Waals surface area contributed by atoms with Gasteiger partial charge in [-0.2, -0.15) is 0 Å². The second-order valence-corrected chi connectivity index (χ2v) is 6.76. The number of nitrogens with zero attached hydrogens (tertiary/aromatic N) is 3. The number of amides is 2. The van der Waals surface area contributed by atoms with Gasteiger partial charge < -0.3 is 14.4 Å². The summed E-state index contributed by atoms with van der Waals surface area (Å²) in [5, 5.41) is 0. The number of likely N-dealkylation sites (N-methyl/N-ethyl adjacent to an activating group) is 1. The van der Waals surface area contributed by atoms with Crippen LogP contribution in [-0.4, -0.2) is 41.4 Å². The first kappa shape index (κ1) is 15.0. The fourth-order valence-corrected chi connectivity index (χ4v) is 4.14. The number of aromatic nitrogens is 1. The molecular formula is C19H21N3O2. The number of likely N-dealkylation sites (tertiary alicyclic amines) is 1. The van der Waals surface area contributed by atoms with Gasteiger partial charge in [0.25, 0.3) is 5.91 Å². The fraction of sp³-hybridized carbons (Fsp3) is 0.368. The standard InChI is InChI=1S/C19H21N3O2/c1-20-11-5-8-16(20)17(23)22-12-9-19(10-13-22)14-6-3-4-7-15(14)21(2)18(19)24/h3-8,11H,9-10,12-13H2,1-2H3. The zero-order valence-corrected chi connectivity index (χ0v) is 14.0. The number of hydrogen-bond acceptors (Lipinski definition) is 2. The largest absolute Gasteiger partial charge is 0.347 e. The van der Waals surface area contributed by atoms with Gasteiger partial charge in [-0.3, -0.25) is 9.59 Å². The molecule has 1 spiro atoms. The molecule has 0 radical (unpaired) electrons. The van der Waals surface area contributed by atoms with Crippen LogP contribution in [0, 0.1) is 0 Å². The Bertz CT molecular complexity index is 816. The highest BCUT2D eigenvalue weighted by molar-refractivity contribution is 6.08. The fourth-order valence-electron chi connectivity index (χ4n) is 4.14. The van der Waals surface area contributed by atoms with Crippen molar-refractivity contribution in [2.75, 3.05) is 25.0 Å². The van der Waals surface area contributed by atoms with Gasteiger partial charge in [0.05, 0.1) is 5.41 Å². The lowest BCUT2D eigenvalue weighted by Gasteiger charge is -2.38. The summed E-state index contributed by atoms with van der Waals surface area (Å²) in [5.74, 6) is 0.208. The molecule has 1 fully saturated rings. The Morgan fingerprint density at radius 3 is 2.42 bits per heavy atom. The quantitative estimate of drug-likeness (QED) is 0.807. The molecular weight excluding hydrogens is 302 g/mol. The normalized spacial score (nSPS) is 19.0. The highest BCUT2D eigenvalue weighted by Crippen LogP contribution is 2.47. The molecule has 24 heavy (non-hydrogen) atoms. The maximum Gasteiger partial charge on any atom is 0.270 e. The van der Waals surface area contributed by atoms with Gasteiger partial charge in [0.2, 0.25) is 5.91 Å². The summed E-state index contributed by atoms with van der Waals surface area (Å²) in [5.41, 5.74) is 2.35. The molecule has 2 aliphatic heterocycles. The number of para-hydroxylation sites is 1. The number of carbonyl (C=O) groups is 2. The monoisotopic (exact) mass is 323 g/mol. The van der Waals surface area contributed by atoms with Gasteiger partial charge in [0.1, 0.15) is 5.69 Å². The molecule has 1 aromatic carbocycles.